The van der Waals surface area contributed by atoms with E-state index in [1.165, 1.54) is 11.8 Å². The van der Waals surface area contributed by atoms with Gasteiger partial charge in [0.2, 0.25) is 5.91 Å². The smallest absolute Gasteiger partial charge is 0.234 e. The van der Waals surface area contributed by atoms with Crippen LogP contribution in [0.1, 0.15) is 17.0 Å². The minimum absolute atomic E-state index is 0.0992. The largest absolute Gasteiger partial charge is 0.485 e. The number of benzene rings is 3. The van der Waals surface area contributed by atoms with Crippen molar-refractivity contribution in [2.45, 2.75) is 32.2 Å². The number of carbonyl (C=O) groups is 1. The average Bonchev–Trinajstić information content (AvgIpc) is 3.19. The molecule has 4 aromatic rings. The number of nitrogens with one attached hydrogen (secondary N) is 1. The first-order chi connectivity index (χ1) is 16.1. The van der Waals surface area contributed by atoms with Crippen LogP contribution in [-0.4, -0.2) is 26.4 Å². The third-order valence-electron chi connectivity index (χ3n) is 5.26. The summed E-state index contributed by atoms with van der Waals surface area (Å²) in [5, 5.41) is 14.4. The molecular formula is C26H26N4O2S. The molecule has 0 aliphatic rings. The van der Waals surface area contributed by atoms with Gasteiger partial charge < -0.3 is 10.1 Å². The summed E-state index contributed by atoms with van der Waals surface area (Å²) in [7, 11) is 0. The first-order valence-electron chi connectivity index (χ1n) is 10.7. The lowest BCUT2D eigenvalue weighted by Crippen LogP contribution is -2.15. The summed E-state index contributed by atoms with van der Waals surface area (Å²) in [5.41, 5.74) is 2.95. The number of thioether (sulfide) groups is 1. The van der Waals surface area contributed by atoms with Gasteiger partial charge in [-0.15, -0.1) is 16.8 Å². The van der Waals surface area contributed by atoms with Crippen molar-refractivity contribution in [1.82, 2.24) is 14.8 Å². The van der Waals surface area contributed by atoms with E-state index in [0.29, 0.717) is 17.5 Å². The molecule has 1 amide bonds. The van der Waals surface area contributed by atoms with Gasteiger partial charge >= 0.3 is 0 Å². The van der Waals surface area contributed by atoms with Crippen LogP contribution in [0.25, 0.3) is 10.8 Å². The fourth-order valence-corrected chi connectivity index (χ4v) is 4.43. The number of nitrogens with zero attached hydrogens (tertiary/aromatic N) is 3. The molecule has 1 N–H and O–H groups in total. The van der Waals surface area contributed by atoms with E-state index >= 15 is 0 Å². The molecule has 4 rings (SSSR count). The maximum atomic E-state index is 12.7. The van der Waals surface area contributed by atoms with Crippen LogP contribution < -0.4 is 10.1 Å². The first-order valence-corrected chi connectivity index (χ1v) is 11.7. The highest BCUT2D eigenvalue weighted by Gasteiger charge is 2.15. The summed E-state index contributed by atoms with van der Waals surface area (Å²) in [6.07, 6.45) is 1.78. The van der Waals surface area contributed by atoms with Gasteiger partial charge in [-0.05, 0) is 36.4 Å². The van der Waals surface area contributed by atoms with Crippen molar-refractivity contribution in [3.05, 3.63) is 90.3 Å². The summed E-state index contributed by atoms with van der Waals surface area (Å²) < 4.78 is 7.98. The lowest BCUT2D eigenvalue weighted by molar-refractivity contribution is -0.113. The zero-order valence-electron chi connectivity index (χ0n) is 18.7. The van der Waals surface area contributed by atoms with Crippen LogP contribution in [-0.2, 0) is 17.9 Å². The molecule has 1 heterocycles. The Kier molecular flexibility index (Phi) is 7.10. The Morgan fingerprint density at radius 2 is 1.79 bits per heavy atom. The van der Waals surface area contributed by atoms with Gasteiger partial charge in [0.1, 0.15) is 12.4 Å². The van der Waals surface area contributed by atoms with Crippen molar-refractivity contribution in [3.63, 3.8) is 0 Å². The van der Waals surface area contributed by atoms with Crippen LogP contribution in [0.4, 0.5) is 5.69 Å². The third kappa shape index (κ3) is 5.26. The molecule has 0 radical (unpaired) electrons. The molecule has 0 aliphatic carbocycles. The molecule has 33 heavy (non-hydrogen) atoms. The van der Waals surface area contributed by atoms with E-state index < -0.39 is 0 Å². The van der Waals surface area contributed by atoms with Crippen molar-refractivity contribution in [1.29, 1.82) is 0 Å². The van der Waals surface area contributed by atoms with Crippen LogP contribution in [0, 0.1) is 13.8 Å². The number of amides is 1. The van der Waals surface area contributed by atoms with E-state index in [4.69, 9.17) is 4.74 Å². The zero-order chi connectivity index (χ0) is 23.2. The number of para-hydroxylation sites is 1. The SMILES string of the molecule is C=CCn1c(COc2c(C)cccc2C)nnc1SCC(=O)Nc1cccc2ccccc12. The summed E-state index contributed by atoms with van der Waals surface area (Å²) in [5.74, 6) is 1.66. The van der Waals surface area contributed by atoms with Crippen LogP contribution in [0.15, 0.2) is 78.5 Å². The van der Waals surface area contributed by atoms with Gasteiger partial charge in [-0.3, -0.25) is 9.36 Å². The van der Waals surface area contributed by atoms with Gasteiger partial charge in [0.15, 0.2) is 11.0 Å². The Bertz CT molecular complexity index is 1270. The van der Waals surface area contributed by atoms with Gasteiger partial charge in [-0.25, -0.2) is 0 Å². The third-order valence-corrected chi connectivity index (χ3v) is 6.22. The summed E-state index contributed by atoms with van der Waals surface area (Å²) in [4.78, 5) is 12.7. The van der Waals surface area contributed by atoms with E-state index in [9.17, 15) is 4.79 Å². The highest BCUT2D eigenvalue weighted by Crippen LogP contribution is 2.26. The van der Waals surface area contributed by atoms with Gasteiger partial charge in [0.05, 0.1) is 5.75 Å². The fourth-order valence-electron chi connectivity index (χ4n) is 3.66. The lowest BCUT2D eigenvalue weighted by Gasteiger charge is -2.13. The summed E-state index contributed by atoms with van der Waals surface area (Å²) >= 11 is 1.34. The molecule has 0 fully saturated rings. The van der Waals surface area contributed by atoms with Gasteiger partial charge in [0, 0.05) is 17.6 Å². The molecule has 6 nitrogen and oxygen atoms in total. The molecule has 0 saturated carbocycles. The Labute approximate surface area is 197 Å². The number of carbonyl (C=O) groups excluding carboxylic acids is 1. The number of ether oxygens (including phenoxy) is 1. The molecule has 0 aliphatic heterocycles. The van der Waals surface area contributed by atoms with Crippen molar-refractivity contribution in [3.8, 4) is 5.75 Å². The normalized spacial score (nSPS) is 10.8. The fraction of sp³-hybridized carbons (Fsp3) is 0.192. The summed E-state index contributed by atoms with van der Waals surface area (Å²) in [6.45, 7) is 8.70. The number of aromatic nitrogens is 3. The number of rotatable bonds is 9. The second kappa shape index (κ2) is 10.4. The Morgan fingerprint density at radius 1 is 1.06 bits per heavy atom. The molecule has 0 saturated heterocycles. The van der Waals surface area contributed by atoms with Crippen molar-refractivity contribution in [2.24, 2.45) is 0 Å². The van der Waals surface area contributed by atoms with E-state index in [1.807, 2.05) is 79.1 Å². The Hall–Kier alpha value is -3.58. The molecule has 3 aromatic carbocycles. The highest BCUT2D eigenvalue weighted by molar-refractivity contribution is 7.99. The maximum absolute atomic E-state index is 12.7. The number of hydrogen-bond donors (Lipinski definition) is 1. The highest BCUT2D eigenvalue weighted by atomic mass is 32.2. The van der Waals surface area contributed by atoms with Crippen LogP contribution >= 0.6 is 11.8 Å². The van der Waals surface area contributed by atoms with Crippen molar-refractivity contribution in [2.75, 3.05) is 11.1 Å². The minimum atomic E-state index is -0.0992. The Balaban J connectivity index is 1.43. The standard InChI is InChI=1S/C26H26N4O2S/c1-4-15-30-23(16-32-25-18(2)9-7-10-19(25)3)28-29-26(30)33-17-24(31)27-22-14-8-12-20-11-5-6-13-21(20)22/h4-14H,1,15-17H2,2-3H3,(H,27,31). The molecule has 1 aromatic heterocycles. The quantitative estimate of drug-likeness (QED) is 0.263. The molecular weight excluding hydrogens is 432 g/mol. The number of allylic oxidation sites excluding steroid dienone is 1. The van der Waals surface area contributed by atoms with Gasteiger partial charge in [0.25, 0.3) is 0 Å². The first kappa shape index (κ1) is 22.6. The molecule has 7 heteroatoms. The van der Waals surface area contributed by atoms with Crippen LogP contribution in [0.2, 0.25) is 0 Å². The predicted molar refractivity (Wildman–Crippen MR) is 134 cm³/mol. The second-order valence-electron chi connectivity index (χ2n) is 7.67. The number of anilines is 1. The van der Waals surface area contributed by atoms with E-state index in [2.05, 4.69) is 22.1 Å². The molecule has 0 spiro atoms. The van der Waals surface area contributed by atoms with E-state index in [1.54, 1.807) is 6.08 Å². The molecule has 0 bridgehead atoms. The number of hydrogen-bond acceptors (Lipinski definition) is 5. The van der Waals surface area contributed by atoms with Crippen LogP contribution in [0.3, 0.4) is 0 Å². The maximum Gasteiger partial charge on any atom is 0.234 e. The van der Waals surface area contributed by atoms with Crippen LogP contribution in [0.5, 0.6) is 5.75 Å². The monoisotopic (exact) mass is 458 g/mol. The lowest BCUT2D eigenvalue weighted by atomic mass is 10.1. The predicted octanol–water partition coefficient (Wildman–Crippen LogP) is 5.54. The number of aryl methyl sites for hydroxylation is 2. The second-order valence-corrected chi connectivity index (χ2v) is 8.61. The van der Waals surface area contributed by atoms with Gasteiger partial charge in [-0.1, -0.05) is 72.4 Å². The Morgan fingerprint density at radius 3 is 2.58 bits per heavy atom. The minimum Gasteiger partial charge on any atom is -0.485 e. The van der Waals surface area contributed by atoms with Gasteiger partial charge in [-0.2, -0.15) is 0 Å². The van der Waals surface area contributed by atoms with E-state index in [-0.39, 0.29) is 18.3 Å². The topological polar surface area (TPSA) is 69.0 Å². The molecule has 0 atom stereocenters. The summed E-state index contributed by atoms with van der Waals surface area (Å²) in [6, 6.07) is 19.9. The van der Waals surface area contributed by atoms with Crippen molar-refractivity contribution >= 4 is 34.1 Å². The average molecular weight is 459 g/mol. The van der Waals surface area contributed by atoms with Crippen molar-refractivity contribution < 1.29 is 9.53 Å². The van der Waals surface area contributed by atoms with E-state index in [0.717, 1.165) is 33.3 Å². The zero-order valence-corrected chi connectivity index (χ0v) is 19.6. The molecule has 0 unspecified atom stereocenters. The molecule has 168 valence electrons. The number of fused-ring (bicyclic) bond motifs is 1.